The summed E-state index contributed by atoms with van der Waals surface area (Å²) in [5.74, 6) is -0.539. The number of rotatable bonds is 4. The van der Waals surface area contributed by atoms with Crippen molar-refractivity contribution in [1.29, 1.82) is 0 Å². The summed E-state index contributed by atoms with van der Waals surface area (Å²) >= 11 is 1.22. The molecule has 0 atom stereocenters. The summed E-state index contributed by atoms with van der Waals surface area (Å²) in [7, 11) is 0. The number of amides is 1. The number of nitrogens with one attached hydrogen (secondary N) is 1. The minimum atomic E-state index is -0.586. The number of thioether (sulfide) groups is 1. The van der Waals surface area contributed by atoms with Crippen molar-refractivity contribution in [3.8, 4) is 0 Å². The number of likely N-dealkylation sites (tertiary alicyclic amines) is 1. The van der Waals surface area contributed by atoms with E-state index < -0.39 is 11.5 Å². The number of nitrogens with zero attached hydrogens (tertiary/aromatic N) is 1. The molecule has 1 aliphatic heterocycles. The summed E-state index contributed by atoms with van der Waals surface area (Å²) < 4.78 is 5.08. The van der Waals surface area contributed by atoms with Gasteiger partial charge in [0.1, 0.15) is 5.56 Å². The number of H-pyrrole nitrogens is 1. The SMILES string of the molecule is CCOC(=O)c1c(C2CCN(C(=O)Sc3ccccc3)CC2)cc(C)[nH]c1=O. The number of benzene rings is 1. The van der Waals surface area contributed by atoms with Crippen LogP contribution < -0.4 is 5.56 Å². The topological polar surface area (TPSA) is 79.5 Å². The van der Waals surface area contributed by atoms with E-state index in [0.717, 1.165) is 10.5 Å². The summed E-state index contributed by atoms with van der Waals surface area (Å²) in [5, 5.41) is 0.0253. The number of hydrogen-bond acceptors (Lipinski definition) is 5. The van der Waals surface area contributed by atoms with Crippen molar-refractivity contribution < 1.29 is 14.3 Å². The third-order valence-corrected chi connectivity index (χ3v) is 5.76. The van der Waals surface area contributed by atoms with Crippen molar-refractivity contribution in [2.75, 3.05) is 19.7 Å². The summed E-state index contributed by atoms with van der Waals surface area (Å²) in [6.45, 7) is 4.92. The molecular weight excluding hydrogens is 376 g/mol. The molecule has 7 heteroatoms. The molecule has 3 rings (SSSR count). The van der Waals surface area contributed by atoms with Gasteiger partial charge in [0.05, 0.1) is 6.61 Å². The van der Waals surface area contributed by atoms with E-state index in [1.807, 2.05) is 41.3 Å². The molecular formula is C21H24N2O4S. The van der Waals surface area contributed by atoms with Crippen LogP contribution in [-0.2, 0) is 4.74 Å². The largest absolute Gasteiger partial charge is 0.462 e. The Morgan fingerprint density at radius 2 is 1.89 bits per heavy atom. The molecule has 1 aromatic heterocycles. The van der Waals surface area contributed by atoms with Crippen LogP contribution in [0.15, 0.2) is 46.1 Å². The average molecular weight is 401 g/mol. The smallest absolute Gasteiger partial charge is 0.344 e. The van der Waals surface area contributed by atoms with Gasteiger partial charge < -0.3 is 14.6 Å². The fourth-order valence-corrected chi connectivity index (χ4v) is 4.28. The van der Waals surface area contributed by atoms with Gasteiger partial charge in [0.15, 0.2) is 0 Å². The monoisotopic (exact) mass is 400 g/mol. The normalized spacial score (nSPS) is 14.7. The molecule has 0 aliphatic carbocycles. The molecule has 2 heterocycles. The number of aromatic nitrogens is 1. The van der Waals surface area contributed by atoms with Crippen LogP contribution in [0, 0.1) is 6.92 Å². The summed E-state index contributed by atoms with van der Waals surface area (Å²) in [6, 6.07) is 11.4. The number of piperidine rings is 1. The Morgan fingerprint density at radius 1 is 1.21 bits per heavy atom. The second kappa shape index (κ2) is 9.10. The van der Waals surface area contributed by atoms with Crippen molar-refractivity contribution in [2.45, 2.75) is 37.5 Å². The summed E-state index contributed by atoms with van der Waals surface area (Å²) in [5.41, 5.74) is 1.12. The zero-order chi connectivity index (χ0) is 20.1. The molecule has 1 saturated heterocycles. The van der Waals surface area contributed by atoms with E-state index in [4.69, 9.17) is 4.74 Å². The van der Waals surface area contributed by atoms with E-state index in [0.29, 0.717) is 31.6 Å². The molecule has 1 aliphatic rings. The van der Waals surface area contributed by atoms with Crippen LogP contribution in [0.25, 0.3) is 0 Å². The number of pyridine rings is 1. The second-order valence-corrected chi connectivity index (χ2v) is 7.80. The van der Waals surface area contributed by atoms with Crippen LogP contribution >= 0.6 is 11.8 Å². The van der Waals surface area contributed by atoms with Gasteiger partial charge in [0.2, 0.25) is 0 Å². The Bertz CT molecular complexity index is 902. The number of aromatic amines is 1. The van der Waals surface area contributed by atoms with Gasteiger partial charge in [0.25, 0.3) is 10.8 Å². The molecule has 28 heavy (non-hydrogen) atoms. The Kier molecular flexibility index (Phi) is 6.57. The number of carbonyl (C=O) groups excluding carboxylic acids is 2. The fraction of sp³-hybridized carbons (Fsp3) is 0.381. The lowest BCUT2D eigenvalue weighted by atomic mass is 9.87. The standard InChI is InChI=1S/C21H24N2O4S/c1-3-27-20(25)18-17(13-14(2)22-19(18)24)15-9-11-23(12-10-15)21(26)28-16-7-5-4-6-8-16/h4-8,13,15H,3,9-12H2,1-2H3,(H,22,24). The Morgan fingerprint density at radius 3 is 2.54 bits per heavy atom. The highest BCUT2D eigenvalue weighted by Gasteiger charge is 2.29. The molecule has 6 nitrogen and oxygen atoms in total. The quantitative estimate of drug-likeness (QED) is 0.621. The van der Waals surface area contributed by atoms with Crippen LogP contribution in [0.5, 0.6) is 0 Å². The minimum Gasteiger partial charge on any atom is -0.462 e. The van der Waals surface area contributed by atoms with Gasteiger partial charge in [-0.1, -0.05) is 18.2 Å². The predicted molar refractivity (Wildman–Crippen MR) is 109 cm³/mol. The lowest BCUT2D eigenvalue weighted by Gasteiger charge is -2.32. The highest BCUT2D eigenvalue weighted by Crippen LogP contribution is 2.32. The summed E-state index contributed by atoms with van der Waals surface area (Å²) in [6.07, 6.45) is 1.41. The third-order valence-electron chi connectivity index (χ3n) is 4.82. The first-order valence-electron chi connectivity index (χ1n) is 9.42. The van der Waals surface area contributed by atoms with Crippen LogP contribution in [0.1, 0.15) is 47.3 Å². The van der Waals surface area contributed by atoms with Crippen molar-refractivity contribution in [2.24, 2.45) is 0 Å². The van der Waals surface area contributed by atoms with Gasteiger partial charge in [-0.3, -0.25) is 9.59 Å². The van der Waals surface area contributed by atoms with Gasteiger partial charge in [-0.05, 0) is 68.1 Å². The molecule has 0 spiro atoms. The number of carbonyl (C=O) groups is 2. The number of hydrogen-bond donors (Lipinski definition) is 1. The first-order valence-corrected chi connectivity index (χ1v) is 10.2. The van der Waals surface area contributed by atoms with E-state index in [1.54, 1.807) is 13.8 Å². The van der Waals surface area contributed by atoms with Crippen molar-refractivity contribution in [1.82, 2.24) is 9.88 Å². The Balaban J connectivity index is 1.72. The maximum atomic E-state index is 12.5. The zero-order valence-corrected chi connectivity index (χ0v) is 16.9. The van der Waals surface area contributed by atoms with Gasteiger partial charge >= 0.3 is 5.97 Å². The van der Waals surface area contributed by atoms with Crippen molar-refractivity contribution >= 4 is 23.0 Å². The average Bonchev–Trinajstić information content (AvgIpc) is 2.68. The molecule has 1 N–H and O–H groups in total. The molecule has 148 valence electrons. The van der Waals surface area contributed by atoms with E-state index in [-0.39, 0.29) is 23.3 Å². The van der Waals surface area contributed by atoms with Crippen LogP contribution in [-0.4, -0.2) is 40.8 Å². The first-order chi connectivity index (χ1) is 13.5. The highest BCUT2D eigenvalue weighted by atomic mass is 32.2. The van der Waals surface area contributed by atoms with Gasteiger partial charge in [0, 0.05) is 23.7 Å². The Labute approximate surface area is 168 Å². The molecule has 1 amide bonds. The molecule has 0 saturated carbocycles. The zero-order valence-electron chi connectivity index (χ0n) is 16.1. The lowest BCUT2D eigenvalue weighted by Crippen LogP contribution is -2.36. The van der Waals surface area contributed by atoms with Crippen molar-refractivity contribution in [3.05, 3.63) is 63.6 Å². The molecule has 1 fully saturated rings. The van der Waals surface area contributed by atoms with E-state index in [1.165, 1.54) is 11.8 Å². The lowest BCUT2D eigenvalue weighted by molar-refractivity contribution is 0.0521. The minimum absolute atomic E-state index is 0.0253. The van der Waals surface area contributed by atoms with E-state index in [9.17, 15) is 14.4 Å². The molecule has 2 aromatic rings. The van der Waals surface area contributed by atoms with Gasteiger partial charge in [-0.2, -0.15) is 0 Å². The van der Waals surface area contributed by atoms with Gasteiger partial charge in [-0.25, -0.2) is 4.79 Å². The number of aryl methyl sites for hydroxylation is 1. The molecule has 0 radical (unpaired) electrons. The second-order valence-electron chi connectivity index (χ2n) is 6.77. The molecule has 0 bridgehead atoms. The molecule has 0 unspecified atom stereocenters. The van der Waals surface area contributed by atoms with Crippen molar-refractivity contribution in [3.63, 3.8) is 0 Å². The summed E-state index contributed by atoms with van der Waals surface area (Å²) in [4.78, 5) is 42.7. The van der Waals surface area contributed by atoms with E-state index in [2.05, 4.69) is 4.98 Å². The third kappa shape index (κ3) is 4.65. The highest BCUT2D eigenvalue weighted by molar-refractivity contribution is 8.13. The first kappa shape index (κ1) is 20.2. The van der Waals surface area contributed by atoms with Crippen LogP contribution in [0.4, 0.5) is 4.79 Å². The number of esters is 1. The number of ether oxygens (including phenoxy) is 1. The van der Waals surface area contributed by atoms with Gasteiger partial charge in [-0.15, -0.1) is 0 Å². The van der Waals surface area contributed by atoms with E-state index >= 15 is 0 Å². The Hall–Kier alpha value is -2.54. The fourth-order valence-electron chi connectivity index (χ4n) is 3.48. The maximum Gasteiger partial charge on any atom is 0.344 e. The van der Waals surface area contributed by atoms with Crippen LogP contribution in [0.2, 0.25) is 0 Å². The maximum absolute atomic E-state index is 12.5. The van der Waals surface area contributed by atoms with Crippen LogP contribution in [0.3, 0.4) is 0 Å². The molecule has 1 aromatic carbocycles. The predicted octanol–water partition coefficient (Wildman–Crippen LogP) is 3.95.